The Hall–Kier alpha value is -2.43. The SMILES string of the molecule is O=C1C(N2CCN(S(=O)(=O)c3cc(F)ccc3F)CC2)CCN1Cc1cccnc1. The van der Waals surface area contributed by atoms with Gasteiger partial charge in [-0.3, -0.25) is 14.7 Å². The van der Waals surface area contributed by atoms with E-state index < -0.39 is 26.6 Å². The molecule has 160 valence electrons. The molecule has 0 N–H and O–H groups in total. The van der Waals surface area contributed by atoms with Gasteiger partial charge in [0.15, 0.2) is 0 Å². The van der Waals surface area contributed by atoms with Gasteiger partial charge in [-0.25, -0.2) is 17.2 Å². The predicted octanol–water partition coefficient (Wildman–Crippen LogP) is 1.47. The van der Waals surface area contributed by atoms with Gasteiger partial charge in [0.25, 0.3) is 0 Å². The number of sulfonamides is 1. The molecule has 1 unspecified atom stereocenters. The molecule has 1 aromatic heterocycles. The van der Waals surface area contributed by atoms with E-state index >= 15 is 0 Å². The highest BCUT2D eigenvalue weighted by atomic mass is 32.2. The molecule has 1 aromatic carbocycles. The number of likely N-dealkylation sites (tertiary alicyclic amines) is 1. The number of hydrogen-bond acceptors (Lipinski definition) is 5. The van der Waals surface area contributed by atoms with Crippen molar-refractivity contribution in [2.75, 3.05) is 32.7 Å². The highest BCUT2D eigenvalue weighted by molar-refractivity contribution is 7.89. The fourth-order valence-electron chi connectivity index (χ4n) is 4.00. The Kier molecular flexibility index (Phi) is 5.81. The van der Waals surface area contributed by atoms with E-state index in [2.05, 4.69) is 4.98 Å². The minimum atomic E-state index is -4.14. The maximum Gasteiger partial charge on any atom is 0.246 e. The summed E-state index contributed by atoms with van der Waals surface area (Å²) in [4.78, 5) is 20.0. The number of carbonyl (C=O) groups is 1. The molecule has 7 nitrogen and oxygen atoms in total. The lowest BCUT2D eigenvalue weighted by Crippen LogP contribution is -2.53. The van der Waals surface area contributed by atoms with Gasteiger partial charge in [-0.1, -0.05) is 6.07 Å². The Morgan fingerprint density at radius 3 is 2.53 bits per heavy atom. The van der Waals surface area contributed by atoms with Gasteiger partial charge in [0.05, 0.1) is 6.04 Å². The second-order valence-electron chi connectivity index (χ2n) is 7.44. The molecule has 0 radical (unpaired) electrons. The van der Waals surface area contributed by atoms with Gasteiger partial charge in [0, 0.05) is 51.7 Å². The Morgan fingerprint density at radius 1 is 1.07 bits per heavy atom. The summed E-state index contributed by atoms with van der Waals surface area (Å²) < 4.78 is 54.0. The van der Waals surface area contributed by atoms with E-state index in [1.165, 1.54) is 0 Å². The molecule has 1 atom stereocenters. The second-order valence-corrected chi connectivity index (χ2v) is 9.35. The lowest BCUT2D eigenvalue weighted by Gasteiger charge is -2.36. The minimum absolute atomic E-state index is 0.0198. The van der Waals surface area contributed by atoms with Crippen molar-refractivity contribution in [1.29, 1.82) is 0 Å². The standard InChI is InChI=1S/C20H22F2N4O3S/c21-16-3-4-17(22)19(12-16)30(28,29)26-10-8-24(9-11-26)18-5-7-25(20(18)27)14-15-2-1-6-23-13-15/h1-4,6,12-13,18H,5,7-11,14H2. The van der Waals surface area contributed by atoms with Crippen LogP contribution < -0.4 is 0 Å². The van der Waals surface area contributed by atoms with E-state index in [0.717, 1.165) is 22.0 Å². The summed E-state index contributed by atoms with van der Waals surface area (Å²) in [7, 11) is -4.14. The van der Waals surface area contributed by atoms with Crippen LogP contribution >= 0.6 is 0 Å². The molecule has 1 amide bonds. The van der Waals surface area contributed by atoms with Crippen molar-refractivity contribution in [3.05, 3.63) is 59.9 Å². The van der Waals surface area contributed by atoms with Crippen LogP contribution in [0.25, 0.3) is 0 Å². The maximum atomic E-state index is 14.0. The highest BCUT2D eigenvalue weighted by Crippen LogP contribution is 2.25. The van der Waals surface area contributed by atoms with Crippen LogP contribution in [-0.4, -0.2) is 72.2 Å². The molecule has 2 aliphatic heterocycles. The number of benzene rings is 1. The average molecular weight is 436 g/mol. The fraction of sp³-hybridized carbons (Fsp3) is 0.400. The number of rotatable bonds is 5. The number of amides is 1. The van der Waals surface area contributed by atoms with Crippen molar-refractivity contribution in [3.63, 3.8) is 0 Å². The number of carbonyl (C=O) groups excluding carboxylic acids is 1. The van der Waals surface area contributed by atoms with Gasteiger partial charge in [-0.05, 0) is 36.2 Å². The molecule has 30 heavy (non-hydrogen) atoms. The summed E-state index contributed by atoms with van der Waals surface area (Å²) in [6, 6.07) is 5.85. The van der Waals surface area contributed by atoms with Crippen molar-refractivity contribution in [2.24, 2.45) is 0 Å². The number of nitrogens with zero attached hydrogens (tertiary/aromatic N) is 4. The zero-order valence-corrected chi connectivity index (χ0v) is 17.1. The summed E-state index contributed by atoms with van der Waals surface area (Å²) in [6.45, 7) is 2.07. The van der Waals surface area contributed by atoms with Crippen LogP contribution in [-0.2, 0) is 21.4 Å². The molecule has 0 bridgehead atoms. The maximum absolute atomic E-state index is 14.0. The van der Waals surface area contributed by atoms with Crippen molar-refractivity contribution >= 4 is 15.9 Å². The number of piperazine rings is 1. The zero-order chi connectivity index (χ0) is 21.3. The van der Waals surface area contributed by atoms with Crippen molar-refractivity contribution < 1.29 is 22.0 Å². The third kappa shape index (κ3) is 4.07. The van der Waals surface area contributed by atoms with Crippen LogP contribution in [0.5, 0.6) is 0 Å². The molecule has 2 aromatic rings. The lowest BCUT2D eigenvalue weighted by molar-refractivity contribution is -0.133. The number of pyridine rings is 1. The highest BCUT2D eigenvalue weighted by Gasteiger charge is 2.39. The van der Waals surface area contributed by atoms with Crippen LogP contribution in [0, 0.1) is 11.6 Å². The molecule has 0 saturated carbocycles. The summed E-state index contributed by atoms with van der Waals surface area (Å²) in [5, 5.41) is 0. The monoisotopic (exact) mass is 436 g/mol. The molecule has 4 rings (SSSR count). The first-order valence-corrected chi connectivity index (χ1v) is 11.2. The van der Waals surface area contributed by atoms with E-state index in [1.54, 1.807) is 17.3 Å². The van der Waals surface area contributed by atoms with E-state index in [0.29, 0.717) is 38.7 Å². The van der Waals surface area contributed by atoms with Crippen molar-refractivity contribution in [2.45, 2.75) is 23.9 Å². The predicted molar refractivity (Wildman–Crippen MR) is 105 cm³/mol. The van der Waals surface area contributed by atoms with Crippen LogP contribution in [0.3, 0.4) is 0 Å². The van der Waals surface area contributed by atoms with Crippen molar-refractivity contribution in [1.82, 2.24) is 19.1 Å². The number of aromatic nitrogens is 1. The van der Waals surface area contributed by atoms with Gasteiger partial charge in [0.2, 0.25) is 15.9 Å². The van der Waals surface area contributed by atoms with Gasteiger partial charge >= 0.3 is 0 Å². The zero-order valence-electron chi connectivity index (χ0n) is 16.2. The molecule has 10 heteroatoms. The van der Waals surface area contributed by atoms with Gasteiger partial charge in [-0.2, -0.15) is 4.31 Å². The van der Waals surface area contributed by atoms with Gasteiger partial charge < -0.3 is 4.90 Å². The topological polar surface area (TPSA) is 73.8 Å². The summed E-state index contributed by atoms with van der Waals surface area (Å²) in [5.41, 5.74) is 0.958. The molecule has 2 saturated heterocycles. The first kappa shape index (κ1) is 20.8. The lowest BCUT2D eigenvalue weighted by atomic mass is 10.2. The Bertz CT molecular complexity index is 1030. The first-order chi connectivity index (χ1) is 14.4. The third-order valence-corrected chi connectivity index (χ3v) is 7.50. The molecule has 0 spiro atoms. The van der Waals surface area contributed by atoms with Gasteiger partial charge in [-0.15, -0.1) is 0 Å². The second kappa shape index (κ2) is 8.37. The molecular formula is C20H22F2N4O3S. The van der Waals surface area contributed by atoms with Crippen LogP contribution in [0.15, 0.2) is 47.6 Å². The number of hydrogen-bond donors (Lipinski definition) is 0. The third-order valence-electron chi connectivity index (χ3n) is 5.59. The largest absolute Gasteiger partial charge is 0.337 e. The Morgan fingerprint density at radius 2 is 1.83 bits per heavy atom. The summed E-state index contributed by atoms with van der Waals surface area (Å²) in [5.74, 6) is -1.76. The average Bonchev–Trinajstić information content (AvgIpc) is 3.10. The van der Waals surface area contributed by atoms with E-state index in [-0.39, 0.29) is 25.0 Å². The van der Waals surface area contributed by atoms with Crippen LogP contribution in [0.1, 0.15) is 12.0 Å². The smallest absolute Gasteiger partial charge is 0.246 e. The van der Waals surface area contributed by atoms with Gasteiger partial charge in [0.1, 0.15) is 16.5 Å². The Labute approximate surface area is 174 Å². The molecule has 2 fully saturated rings. The molecule has 3 heterocycles. The summed E-state index contributed by atoms with van der Waals surface area (Å²) >= 11 is 0. The minimum Gasteiger partial charge on any atom is -0.337 e. The van der Waals surface area contributed by atoms with E-state index in [9.17, 15) is 22.0 Å². The molecular weight excluding hydrogens is 414 g/mol. The van der Waals surface area contributed by atoms with Crippen molar-refractivity contribution in [3.8, 4) is 0 Å². The molecule has 0 aliphatic carbocycles. The van der Waals surface area contributed by atoms with E-state index in [1.807, 2.05) is 17.0 Å². The quantitative estimate of drug-likeness (QED) is 0.710. The van der Waals surface area contributed by atoms with Crippen LogP contribution in [0.2, 0.25) is 0 Å². The Balaban J connectivity index is 1.39. The normalized spacial score (nSPS) is 21.3. The van der Waals surface area contributed by atoms with E-state index in [4.69, 9.17) is 0 Å². The molecule has 2 aliphatic rings. The fourth-order valence-corrected chi connectivity index (χ4v) is 5.50. The first-order valence-electron chi connectivity index (χ1n) is 9.73. The summed E-state index contributed by atoms with van der Waals surface area (Å²) in [6.07, 6.45) is 4.08. The number of halogens is 2. The van der Waals surface area contributed by atoms with Crippen LogP contribution in [0.4, 0.5) is 8.78 Å².